The highest BCUT2D eigenvalue weighted by Gasteiger charge is 2.43. The number of carbonyl (C=O) groups excluding carboxylic acids is 4. The highest BCUT2D eigenvalue weighted by Crippen LogP contribution is 2.33. The van der Waals surface area contributed by atoms with Crippen molar-refractivity contribution in [3.63, 3.8) is 0 Å². The number of amides is 4. The Morgan fingerprint density at radius 1 is 1.02 bits per heavy atom. The lowest BCUT2D eigenvalue weighted by Gasteiger charge is -2.36. The molecule has 3 aromatic rings. The summed E-state index contributed by atoms with van der Waals surface area (Å²) in [6.07, 6.45) is 0.650. The van der Waals surface area contributed by atoms with E-state index < -0.39 is 29.8 Å². The number of nitrogens with two attached hydrogens (primary N) is 1. The van der Waals surface area contributed by atoms with E-state index in [4.69, 9.17) is 17.3 Å². The fraction of sp³-hybridized carbons (Fsp3) is 0.394. The second-order valence-electron chi connectivity index (χ2n) is 11.5. The molecule has 0 aromatic heterocycles. The third kappa shape index (κ3) is 7.20. The Morgan fingerprint density at radius 3 is 2.50 bits per heavy atom. The van der Waals surface area contributed by atoms with Crippen molar-refractivity contribution in [2.75, 3.05) is 45.8 Å². The van der Waals surface area contributed by atoms with Gasteiger partial charge in [0.1, 0.15) is 12.1 Å². The van der Waals surface area contributed by atoms with Crippen LogP contribution in [0.25, 0.3) is 10.8 Å². The lowest BCUT2D eigenvalue weighted by atomic mass is 9.96. The van der Waals surface area contributed by atoms with Gasteiger partial charge >= 0.3 is 0 Å². The number of piperazine rings is 1. The number of halogens is 1. The highest BCUT2D eigenvalue weighted by molar-refractivity contribution is 6.30. The zero-order valence-electron chi connectivity index (χ0n) is 24.9. The number of hydrogen-bond acceptors (Lipinski definition) is 6. The minimum absolute atomic E-state index is 0.198. The molecule has 2 saturated heterocycles. The van der Waals surface area contributed by atoms with Gasteiger partial charge in [-0.05, 0) is 47.4 Å². The molecule has 5 rings (SSSR count). The van der Waals surface area contributed by atoms with Gasteiger partial charge in [0.25, 0.3) is 5.91 Å². The van der Waals surface area contributed by atoms with Crippen LogP contribution >= 0.6 is 11.6 Å². The fourth-order valence-electron chi connectivity index (χ4n) is 6.22. The van der Waals surface area contributed by atoms with E-state index in [9.17, 15) is 19.2 Å². The van der Waals surface area contributed by atoms with E-state index in [0.717, 1.165) is 42.5 Å². The van der Waals surface area contributed by atoms with Crippen LogP contribution in [0.3, 0.4) is 0 Å². The van der Waals surface area contributed by atoms with Crippen molar-refractivity contribution in [3.8, 4) is 0 Å². The molecule has 10 nitrogen and oxygen atoms in total. The number of nitrogens with zero attached hydrogens (tertiary/aromatic N) is 3. The molecule has 2 fully saturated rings. The Balaban J connectivity index is 1.42. The maximum Gasteiger partial charge on any atom is 0.250 e. The van der Waals surface area contributed by atoms with Crippen LogP contribution in [0.2, 0.25) is 5.02 Å². The van der Waals surface area contributed by atoms with E-state index in [0.29, 0.717) is 17.0 Å². The Morgan fingerprint density at radius 2 is 1.75 bits per heavy atom. The van der Waals surface area contributed by atoms with Crippen LogP contribution in [0.4, 0.5) is 0 Å². The molecular weight excluding hydrogens is 580 g/mol. The first kappa shape index (κ1) is 31.4. The number of carbonyl (C=O) groups is 4. The number of fused-ring (bicyclic) bond motifs is 1. The predicted octanol–water partition coefficient (Wildman–Crippen LogP) is 2.10. The van der Waals surface area contributed by atoms with Crippen molar-refractivity contribution < 1.29 is 19.2 Å². The van der Waals surface area contributed by atoms with Gasteiger partial charge in [-0.1, -0.05) is 66.2 Å². The minimum atomic E-state index is -1.06. The Labute approximate surface area is 262 Å². The molecular formula is C33H39ClN6O4. The molecule has 2 aliphatic rings. The zero-order valence-corrected chi connectivity index (χ0v) is 25.6. The molecule has 1 unspecified atom stereocenters. The first-order valence-electron chi connectivity index (χ1n) is 15.1. The van der Waals surface area contributed by atoms with Gasteiger partial charge in [0.2, 0.25) is 17.7 Å². The van der Waals surface area contributed by atoms with E-state index in [1.807, 2.05) is 54.3 Å². The zero-order chi connectivity index (χ0) is 31.2. The summed E-state index contributed by atoms with van der Waals surface area (Å²) >= 11 is 6.36. The Bertz CT molecular complexity index is 1520. The molecule has 0 spiro atoms. The summed E-state index contributed by atoms with van der Waals surface area (Å²) in [6.45, 7) is 5.18. The quantitative estimate of drug-likeness (QED) is 0.337. The van der Waals surface area contributed by atoms with E-state index >= 15 is 0 Å². The van der Waals surface area contributed by atoms with Gasteiger partial charge in [-0.2, -0.15) is 0 Å². The summed E-state index contributed by atoms with van der Waals surface area (Å²) in [5.74, 6) is -1.68. The molecule has 0 saturated carbocycles. The average molecular weight is 619 g/mol. The highest BCUT2D eigenvalue weighted by atomic mass is 35.5. The monoisotopic (exact) mass is 618 g/mol. The summed E-state index contributed by atoms with van der Waals surface area (Å²) < 4.78 is 0. The van der Waals surface area contributed by atoms with Crippen molar-refractivity contribution in [1.29, 1.82) is 0 Å². The molecule has 4 amide bonds. The Kier molecular flexibility index (Phi) is 10.1. The van der Waals surface area contributed by atoms with Gasteiger partial charge in [0.05, 0.1) is 13.1 Å². The lowest BCUT2D eigenvalue weighted by molar-refractivity contribution is -0.148. The molecule has 3 atom stereocenters. The molecule has 0 aliphatic carbocycles. The molecule has 44 heavy (non-hydrogen) atoms. The number of hydrogen-bond donors (Lipinski definition) is 3. The fourth-order valence-corrected chi connectivity index (χ4v) is 6.42. The van der Waals surface area contributed by atoms with Crippen LogP contribution in [-0.4, -0.2) is 96.2 Å². The van der Waals surface area contributed by atoms with Crippen LogP contribution in [0.1, 0.15) is 30.5 Å². The topological polar surface area (TPSA) is 128 Å². The predicted molar refractivity (Wildman–Crippen MR) is 170 cm³/mol. The van der Waals surface area contributed by atoms with Crippen molar-refractivity contribution in [2.24, 2.45) is 5.73 Å². The van der Waals surface area contributed by atoms with Gasteiger partial charge in [0, 0.05) is 50.2 Å². The smallest absolute Gasteiger partial charge is 0.250 e. The molecule has 3 aromatic carbocycles. The summed E-state index contributed by atoms with van der Waals surface area (Å²) in [5, 5.41) is 8.42. The molecule has 2 aliphatic heterocycles. The van der Waals surface area contributed by atoms with Crippen molar-refractivity contribution in [1.82, 2.24) is 25.3 Å². The lowest BCUT2D eigenvalue weighted by Crippen LogP contribution is -2.53. The molecule has 4 N–H and O–H groups in total. The number of nitrogens with one attached hydrogen (secondary N) is 2. The number of benzene rings is 3. The van der Waals surface area contributed by atoms with E-state index in [1.165, 1.54) is 9.80 Å². The van der Waals surface area contributed by atoms with E-state index in [1.54, 1.807) is 24.3 Å². The van der Waals surface area contributed by atoms with Gasteiger partial charge in [-0.3, -0.25) is 24.1 Å². The molecule has 232 valence electrons. The molecule has 0 radical (unpaired) electrons. The third-order valence-corrected chi connectivity index (χ3v) is 8.76. The maximum absolute atomic E-state index is 14.5. The molecule has 0 bridgehead atoms. The third-order valence-electron chi connectivity index (χ3n) is 8.52. The molecule has 2 heterocycles. The number of rotatable bonds is 9. The first-order valence-corrected chi connectivity index (χ1v) is 15.4. The van der Waals surface area contributed by atoms with Crippen LogP contribution < -0.4 is 16.4 Å². The summed E-state index contributed by atoms with van der Waals surface area (Å²) in [5.41, 5.74) is 7.40. The minimum Gasteiger partial charge on any atom is -0.368 e. The van der Waals surface area contributed by atoms with E-state index in [-0.39, 0.29) is 38.0 Å². The Hall–Kier alpha value is -3.99. The van der Waals surface area contributed by atoms with Crippen molar-refractivity contribution in [2.45, 2.75) is 37.9 Å². The van der Waals surface area contributed by atoms with Gasteiger partial charge in [0.15, 0.2) is 0 Å². The van der Waals surface area contributed by atoms with Crippen molar-refractivity contribution >= 4 is 46.0 Å². The molecule has 11 heteroatoms. The summed E-state index contributed by atoms with van der Waals surface area (Å²) in [7, 11) is 0. The average Bonchev–Trinajstić information content (AvgIpc) is 3.14. The van der Waals surface area contributed by atoms with Gasteiger partial charge in [-0.15, -0.1) is 0 Å². The maximum atomic E-state index is 14.5. The number of primary amides is 1. The second kappa shape index (κ2) is 14.2. The van der Waals surface area contributed by atoms with Crippen LogP contribution in [0, 0.1) is 0 Å². The van der Waals surface area contributed by atoms with Crippen LogP contribution in [-0.2, 0) is 25.6 Å². The van der Waals surface area contributed by atoms with Crippen LogP contribution in [0.15, 0.2) is 66.7 Å². The van der Waals surface area contributed by atoms with Crippen molar-refractivity contribution in [3.05, 3.63) is 82.9 Å². The largest absolute Gasteiger partial charge is 0.368 e. The van der Waals surface area contributed by atoms with E-state index in [2.05, 4.69) is 10.6 Å². The SMILES string of the molecule is C[C@@H]1CCN(C(Cc2cccc3ccccc23)C(N)=O)C(=O)[C@@H](c2cccc(Cl)c2)N1C(=O)CNC(=O)CN1CCNCC1. The first-order chi connectivity index (χ1) is 21.2. The summed E-state index contributed by atoms with van der Waals surface area (Å²) in [4.78, 5) is 59.1. The summed E-state index contributed by atoms with van der Waals surface area (Å²) in [6, 6.07) is 18.2. The normalized spacial score (nSPS) is 20.3. The van der Waals surface area contributed by atoms with Crippen LogP contribution in [0.5, 0.6) is 0 Å². The van der Waals surface area contributed by atoms with Gasteiger partial charge in [-0.25, -0.2) is 0 Å². The second-order valence-corrected chi connectivity index (χ2v) is 11.9. The standard InChI is InChI=1S/C33H39ClN6O4/c1-22-12-15-39(28(32(35)43)19-24-8-4-7-23-6-2-3-11-27(23)24)33(44)31(25-9-5-10-26(34)18-25)40(22)30(42)20-37-29(41)21-38-16-13-36-14-17-38/h2-11,18,22,28,31,36H,12-17,19-21H2,1H3,(H2,35,43)(H,37,41)/t22-,28?,31-/m1/s1. The van der Waals surface area contributed by atoms with Gasteiger partial charge < -0.3 is 26.2 Å².